The molecule has 0 amide bonds. The second-order valence-corrected chi connectivity index (χ2v) is 12.5. The van der Waals surface area contributed by atoms with Gasteiger partial charge in [-0.2, -0.15) is 13.2 Å². The molecule has 1 fully saturated rings. The topological polar surface area (TPSA) is 72.2 Å². The van der Waals surface area contributed by atoms with E-state index in [-0.39, 0.29) is 36.6 Å². The normalized spacial score (nSPS) is 16.8. The van der Waals surface area contributed by atoms with E-state index >= 15 is 4.39 Å². The number of nitrogens with one attached hydrogen (secondary N) is 2. The molecule has 2 aliphatic rings. The number of halogens is 6. The fourth-order valence-electron chi connectivity index (χ4n) is 6.30. The number of allylic oxidation sites excluding steroid dienone is 1. The molecule has 3 heterocycles. The number of rotatable bonds is 9. The Kier molecular flexibility index (Phi) is 8.28. The van der Waals surface area contributed by atoms with Crippen molar-refractivity contribution in [3.63, 3.8) is 0 Å². The van der Waals surface area contributed by atoms with Crippen molar-refractivity contribution in [2.75, 3.05) is 25.5 Å². The average Bonchev–Trinajstić information content (AvgIpc) is 3.72. The van der Waals surface area contributed by atoms with Gasteiger partial charge in [0.05, 0.1) is 23.6 Å². The van der Waals surface area contributed by atoms with Gasteiger partial charge >= 0.3 is 6.18 Å². The lowest BCUT2D eigenvalue weighted by Gasteiger charge is -2.22. The van der Waals surface area contributed by atoms with E-state index in [0.29, 0.717) is 40.3 Å². The van der Waals surface area contributed by atoms with Gasteiger partial charge in [0.2, 0.25) is 0 Å². The van der Waals surface area contributed by atoms with Crippen LogP contribution < -0.4 is 15.4 Å². The maximum atomic E-state index is 15.3. The first-order chi connectivity index (χ1) is 23.4. The zero-order valence-corrected chi connectivity index (χ0v) is 26.8. The predicted molar refractivity (Wildman–Crippen MR) is 174 cm³/mol. The number of hydrogen-bond acceptors (Lipinski definition) is 6. The van der Waals surface area contributed by atoms with Crippen LogP contribution in [0.4, 0.5) is 32.0 Å². The van der Waals surface area contributed by atoms with Gasteiger partial charge in [-0.3, -0.25) is 0 Å². The first-order valence-corrected chi connectivity index (χ1v) is 16.0. The van der Waals surface area contributed by atoms with Crippen LogP contribution >= 0.6 is 0 Å². The summed E-state index contributed by atoms with van der Waals surface area (Å²) in [6, 6.07) is 12.2. The van der Waals surface area contributed by atoms with Gasteiger partial charge in [0.1, 0.15) is 34.4 Å². The van der Waals surface area contributed by atoms with E-state index in [1.165, 1.54) is 12.1 Å². The molecule has 0 radical (unpaired) electrons. The molecule has 1 aliphatic carbocycles. The Morgan fingerprint density at radius 2 is 1.82 bits per heavy atom. The van der Waals surface area contributed by atoms with Gasteiger partial charge in [0.15, 0.2) is 11.5 Å². The van der Waals surface area contributed by atoms with Crippen molar-refractivity contribution in [1.29, 1.82) is 0 Å². The minimum Gasteiger partial charge on any atom is -0.490 e. The third-order valence-electron chi connectivity index (χ3n) is 9.06. The molecule has 2 N–H and O–H groups in total. The van der Waals surface area contributed by atoms with Crippen LogP contribution in [-0.2, 0) is 6.18 Å². The lowest BCUT2D eigenvalue weighted by atomic mass is 9.90. The smallest absolute Gasteiger partial charge is 0.419 e. The molecular weight excluding hydrogens is 646 g/mol. The molecule has 5 aromatic rings. The van der Waals surface area contributed by atoms with E-state index in [4.69, 9.17) is 14.1 Å². The van der Waals surface area contributed by atoms with Crippen LogP contribution in [0.2, 0.25) is 0 Å². The molecular formula is C37H32F6N4O2. The SMILES string of the molecule is C/C=C(\NCC(c1cccc(F)c1)c1cc2c(c(-c3cc(C(F)(F)F)c(F)cc3F)n1)OCC2C)c1cc(NC)c2nc(C3CC3)oc2c1. The summed E-state index contributed by atoms with van der Waals surface area (Å²) in [5.41, 5.74) is 2.78. The summed E-state index contributed by atoms with van der Waals surface area (Å²) in [6.45, 7) is 4.08. The summed E-state index contributed by atoms with van der Waals surface area (Å²) in [6.07, 6.45) is -1.11. The van der Waals surface area contributed by atoms with Crippen LogP contribution in [0.25, 0.3) is 28.1 Å². The van der Waals surface area contributed by atoms with Crippen LogP contribution in [0.15, 0.2) is 65.1 Å². The minimum absolute atomic E-state index is 0.125. The van der Waals surface area contributed by atoms with Crippen LogP contribution in [-0.4, -0.2) is 30.2 Å². The van der Waals surface area contributed by atoms with Crippen molar-refractivity contribution < 1.29 is 35.5 Å². The molecule has 2 unspecified atom stereocenters. The molecule has 2 atom stereocenters. The Balaban J connectivity index is 1.31. The number of hydrogen-bond donors (Lipinski definition) is 2. The number of ether oxygens (including phenoxy) is 1. The predicted octanol–water partition coefficient (Wildman–Crippen LogP) is 9.52. The Labute approximate surface area is 278 Å². The van der Waals surface area contributed by atoms with E-state index in [1.54, 1.807) is 25.2 Å². The lowest BCUT2D eigenvalue weighted by molar-refractivity contribution is -0.140. The van der Waals surface area contributed by atoms with Gasteiger partial charge in [0, 0.05) is 59.8 Å². The molecule has 1 saturated carbocycles. The van der Waals surface area contributed by atoms with Crippen LogP contribution in [0, 0.1) is 17.5 Å². The molecule has 0 saturated heterocycles. The van der Waals surface area contributed by atoms with E-state index in [1.807, 2.05) is 32.1 Å². The molecule has 3 aromatic carbocycles. The van der Waals surface area contributed by atoms with E-state index < -0.39 is 40.7 Å². The lowest BCUT2D eigenvalue weighted by Crippen LogP contribution is -2.22. The Hall–Kier alpha value is -5.00. The number of fused-ring (bicyclic) bond motifs is 2. The molecule has 6 nitrogen and oxygen atoms in total. The van der Waals surface area contributed by atoms with Crippen molar-refractivity contribution in [3.05, 3.63) is 112 Å². The van der Waals surface area contributed by atoms with Gasteiger partial charge < -0.3 is 19.8 Å². The van der Waals surface area contributed by atoms with Gasteiger partial charge in [-0.1, -0.05) is 25.1 Å². The van der Waals surface area contributed by atoms with E-state index in [2.05, 4.69) is 15.6 Å². The third-order valence-corrected chi connectivity index (χ3v) is 9.06. The number of benzene rings is 3. The summed E-state index contributed by atoms with van der Waals surface area (Å²) >= 11 is 0. The molecule has 0 bridgehead atoms. The van der Waals surface area contributed by atoms with E-state index in [0.717, 1.165) is 35.3 Å². The van der Waals surface area contributed by atoms with Gasteiger partial charge in [-0.25, -0.2) is 23.1 Å². The molecule has 49 heavy (non-hydrogen) atoms. The van der Waals surface area contributed by atoms with Crippen molar-refractivity contribution in [2.45, 2.75) is 50.6 Å². The first kappa shape index (κ1) is 32.5. The average molecular weight is 679 g/mol. The highest BCUT2D eigenvalue weighted by Gasteiger charge is 2.37. The molecule has 1 aliphatic heterocycles. The maximum absolute atomic E-state index is 15.3. The summed E-state index contributed by atoms with van der Waals surface area (Å²) in [4.78, 5) is 9.37. The maximum Gasteiger partial charge on any atom is 0.419 e. The number of aromatic nitrogens is 2. The van der Waals surface area contributed by atoms with Gasteiger partial charge in [-0.05, 0) is 61.7 Å². The van der Waals surface area contributed by atoms with Crippen LogP contribution in [0.1, 0.15) is 78.3 Å². The van der Waals surface area contributed by atoms with Crippen LogP contribution in [0.3, 0.4) is 0 Å². The summed E-state index contributed by atoms with van der Waals surface area (Å²) in [5, 5.41) is 6.64. The molecule has 254 valence electrons. The standard InChI is InChI=1S/C37H32F6N4O2/c1-4-29(21-11-31(44-3)34-32(12-21)49-36(47-34)19-8-9-19)45-16-25(20-6-5-7-22(38)10-20)30-14-23-18(2)17-48-35(23)33(46-30)24-13-26(37(41,42)43)28(40)15-27(24)39/h4-7,10-15,18-19,25,44-45H,8-9,16-17H2,1-3H3/b29-4-. The Morgan fingerprint density at radius 3 is 2.51 bits per heavy atom. The number of pyridine rings is 1. The first-order valence-electron chi connectivity index (χ1n) is 16.0. The number of oxazole rings is 1. The quantitative estimate of drug-likeness (QED) is 0.151. The number of nitrogens with zero attached hydrogens (tertiary/aromatic N) is 2. The van der Waals surface area contributed by atoms with Gasteiger partial charge in [0.25, 0.3) is 0 Å². The van der Waals surface area contributed by atoms with Crippen molar-refractivity contribution in [3.8, 4) is 17.0 Å². The molecule has 7 rings (SSSR count). The van der Waals surface area contributed by atoms with E-state index in [9.17, 15) is 22.0 Å². The Bertz CT molecular complexity index is 2100. The number of alkyl halides is 3. The summed E-state index contributed by atoms with van der Waals surface area (Å²) < 4.78 is 97.3. The highest BCUT2D eigenvalue weighted by molar-refractivity contribution is 5.90. The second kappa shape index (κ2) is 12.5. The monoisotopic (exact) mass is 678 g/mol. The summed E-state index contributed by atoms with van der Waals surface area (Å²) in [7, 11) is 1.80. The molecule has 12 heteroatoms. The largest absolute Gasteiger partial charge is 0.490 e. The highest BCUT2D eigenvalue weighted by atomic mass is 19.4. The van der Waals surface area contributed by atoms with Crippen molar-refractivity contribution >= 4 is 22.5 Å². The fraction of sp³-hybridized carbons (Fsp3) is 0.297. The fourth-order valence-corrected chi connectivity index (χ4v) is 6.30. The highest BCUT2D eigenvalue weighted by Crippen LogP contribution is 2.45. The van der Waals surface area contributed by atoms with Gasteiger partial charge in [-0.15, -0.1) is 0 Å². The zero-order chi connectivity index (χ0) is 34.6. The Morgan fingerprint density at radius 1 is 1.02 bits per heavy atom. The molecule has 2 aromatic heterocycles. The van der Waals surface area contributed by atoms with Crippen molar-refractivity contribution in [2.24, 2.45) is 0 Å². The molecule has 0 spiro atoms. The zero-order valence-electron chi connectivity index (χ0n) is 26.8. The van der Waals surface area contributed by atoms with Crippen molar-refractivity contribution in [1.82, 2.24) is 15.3 Å². The third kappa shape index (κ3) is 6.20. The summed E-state index contributed by atoms with van der Waals surface area (Å²) in [5.74, 6) is -3.15. The van der Waals surface area contributed by atoms with Crippen LogP contribution in [0.5, 0.6) is 5.75 Å². The minimum atomic E-state index is -5.07. The second-order valence-electron chi connectivity index (χ2n) is 12.5. The number of anilines is 1.